The van der Waals surface area contributed by atoms with Crippen molar-refractivity contribution in [2.24, 2.45) is 0 Å². The Morgan fingerprint density at radius 3 is 2.17 bits per heavy atom. The van der Waals surface area contributed by atoms with Crippen molar-refractivity contribution in [2.75, 3.05) is 27.9 Å². The van der Waals surface area contributed by atoms with Gasteiger partial charge in [0.05, 0.1) is 20.8 Å². The molecule has 0 aliphatic heterocycles. The van der Waals surface area contributed by atoms with Crippen LogP contribution in [-0.4, -0.2) is 33.8 Å². The number of likely N-dealkylation sites (N-methyl/N-ethyl adjacent to an activating group) is 1. The maximum Gasteiger partial charge on any atom is 0.327 e. The minimum absolute atomic E-state index is 0.324. The minimum Gasteiger partial charge on any atom is -0.497 e. The fraction of sp³-hybridized carbons (Fsp3) is 0.462. The number of esters is 1. The van der Waals surface area contributed by atoms with E-state index >= 15 is 0 Å². The van der Waals surface area contributed by atoms with Gasteiger partial charge in [-0.25, -0.2) is 4.79 Å². The molecule has 1 aromatic rings. The summed E-state index contributed by atoms with van der Waals surface area (Å²) < 4.78 is 15.4. The summed E-state index contributed by atoms with van der Waals surface area (Å²) in [6.45, 7) is 2.12. The zero-order valence-electron chi connectivity index (χ0n) is 11.1. The van der Waals surface area contributed by atoms with Crippen LogP contribution in [0.4, 0.5) is 0 Å². The Kier molecular flexibility index (Phi) is 5.45. The molecule has 0 saturated heterocycles. The second-order valence-electron chi connectivity index (χ2n) is 3.62. The lowest BCUT2D eigenvalue weighted by Crippen LogP contribution is -2.27. The van der Waals surface area contributed by atoms with Crippen molar-refractivity contribution in [3.05, 3.63) is 23.8 Å². The van der Waals surface area contributed by atoms with E-state index in [0.29, 0.717) is 18.1 Å². The summed E-state index contributed by atoms with van der Waals surface area (Å²) in [5.74, 6) is 0.943. The monoisotopic (exact) mass is 253 g/mol. The molecule has 0 aromatic heterocycles. The van der Waals surface area contributed by atoms with Crippen LogP contribution in [0.5, 0.6) is 11.5 Å². The molecule has 1 unspecified atom stereocenters. The lowest BCUT2D eigenvalue weighted by atomic mass is 10.1. The van der Waals surface area contributed by atoms with Gasteiger partial charge in [-0.15, -0.1) is 0 Å². The fourth-order valence-corrected chi connectivity index (χ4v) is 1.64. The molecular formula is C13H19NO4. The normalized spacial score (nSPS) is 11.8. The molecule has 0 spiro atoms. The maximum atomic E-state index is 11.8. The number of carbonyl (C=O) groups is 1. The topological polar surface area (TPSA) is 56.8 Å². The quantitative estimate of drug-likeness (QED) is 0.779. The van der Waals surface area contributed by atoms with E-state index in [0.717, 1.165) is 5.56 Å². The highest BCUT2D eigenvalue weighted by Crippen LogP contribution is 2.26. The van der Waals surface area contributed by atoms with Crippen LogP contribution in [0.3, 0.4) is 0 Å². The molecule has 0 saturated carbocycles. The van der Waals surface area contributed by atoms with Crippen molar-refractivity contribution >= 4 is 5.97 Å². The highest BCUT2D eigenvalue weighted by atomic mass is 16.5. The Labute approximate surface area is 107 Å². The number of hydrogen-bond donors (Lipinski definition) is 1. The van der Waals surface area contributed by atoms with Crippen molar-refractivity contribution < 1.29 is 19.0 Å². The second kappa shape index (κ2) is 6.86. The van der Waals surface area contributed by atoms with Gasteiger partial charge < -0.3 is 19.5 Å². The summed E-state index contributed by atoms with van der Waals surface area (Å²) in [5, 5.41) is 2.92. The first-order chi connectivity index (χ1) is 8.65. The van der Waals surface area contributed by atoms with Gasteiger partial charge >= 0.3 is 5.97 Å². The first-order valence-electron chi connectivity index (χ1n) is 5.73. The van der Waals surface area contributed by atoms with E-state index < -0.39 is 6.04 Å². The third kappa shape index (κ3) is 3.37. The van der Waals surface area contributed by atoms with Crippen LogP contribution >= 0.6 is 0 Å². The Morgan fingerprint density at radius 2 is 1.78 bits per heavy atom. The second-order valence-corrected chi connectivity index (χ2v) is 3.62. The van der Waals surface area contributed by atoms with E-state index in [2.05, 4.69) is 5.32 Å². The molecular weight excluding hydrogens is 234 g/mol. The van der Waals surface area contributed by atoms with Crippen LogP contribution in [0.25, 0.3) is 0 Å². The van der Waals surface area contributed by atoms with Crippen LogP contribution < -0.4 is 14.8 Å². The molecule has 0 heterocycles. The lowest BCUT2D eigenvalue weighted by molar-refractivity contribution is -0.145. The zero-order chi connectivity index (χ0) is 13.5. The SMILES string of the molecule is CCOC(=O)C(NC)c1cc(OC)cc(OC)c1. The van der Waals surface area contributed by atoms with E-state index in [1.54, 1.807) is 46.4 Å². The summed E-state index contributed by atoms with van der Waals surface area (Å²) in [6, 6.07) is 4.77. The van der Waals surface area contributed by atoms with Crippen LogP contribution in [0.1, 0.15) is 18.5 Å². The summed E-state index contributed by atoms with van der Waals surface area (Å²) in [7, 11) is 4.84. The molecule has 5 nitrogen and oxygen atoms in total. The first-order valence-corrected chi connectivity index (χ1v) is 5.73. The molecule has 0 bridgehead atoms. The van der Waals surface area contributed by atoms with Gasteiger partial charge in [0, 0.05) is 6.07 Å². The van der Waals surface area contributed by atoms with Crippen molar-refractivity contribution in [2.45, 2.75) is 13.0 Å². The van der Waals surface area contributed by atoms with E-state index in [4.69, 9.17) is 14.2 Å². The number of ether oxygens (including phenoxy) is 3. The van der Waals surface area contributed by atoms with Gasteiger partial charge in [0.1, 0.15) is 17.5 Å². The van der Waals surface area contributed by atoms with E-state index in [1.807, 2.05) is 0 Å². The lowest BCUT2D eigenvalue weighted by Gasteiger charge is -2.16. The molecule has 0 amide bonds. The smallest absolute Gasteiger partial charge is 0.327 e. The van der Waals surface area contributed by atoms with Crippen LogP contribution in [-0.2, 0) is 9.53 Å². The van der Waals surface area contributed by atoms with Gasteiger partial charge in [0.25, 0.3) is 0 Å². The highest BCUT2D eigenvalue weighted by molar-refractivity contribution is 5.78. The fourth-order valence-electron chi connectivity index (χ4n) is 1.64. The van der Waals surface area contributed by atoms with E-state index in [9.17, 15) is 4.79 Å². The van der Waals surface area contributed by atoms with Gasteiger partial charge in [0.2, 0.25) is 0 Å². The summed E-state index contributed by atoms with van der Waals surface area (Å²) in [4.78, 5) is 11.8. The molecule has 1 aromatic carbocycles. The van der Waals surface area contributed by atoms with Gasteiger partial charge in [-0.2, -0.15) is 0 Å². The van der Waals surface area contributed by atoms with Gasteiger partial charge in [-0.3, -0.25) is 0 Å². The van der Waals surface area contributed by atoms with Crippen molar-refractivity contribution in [1.82, 2.24) is 5.32 Å². The molecule has 0 fully saturated rings. The average Bonchev–Trinajstić information content (AvgIpc) is 2.39. The Bertz CT molecular complexity index is 384. The van der Waals surface area contributed by atoms with Gasteiger partial charge in [-0.1, -0.05) is 0 Å². The average molecular weight is 253 g/mol. The Morgan fingerprint density at radius 1 is 1.22 bits per heavy atom. The molecule has 5 heteroatoms. The number of nitrogens with one attached hydrogen (secondary N) is 1. The number of methoxy groups -OCH3 is 2. The molecule has 0 aliphatic carbocycles. The zero-order valence-corrected chi connectivity index (χ0v) is 11.1. The number of rotatable bonds is 6. The number of carbonyl (C=O) groups excluding carboxylic acids is 1. The minimum atomic E-state index is -0.533. The third-order valence-corrected chi connectivity index (χ3v) is 2.52. The first kappa shape index (κ1) is 14.3. The van der Waals surface area contributed by atoms with Crippen molar-refractivity contribution in [3.8, 4) is 11.5 Å². The molecule has 0 aliphatic rings. The van der Waals surface area contributed by atoms with E-state index in [1.165, 1.54) is 0 Å². The van der Waals surface area contributed by atoms with Crippen molar-refractivity contribution in [3.63, 3.8) is 0 Å². The van der Waals surface area contributed by atoms with Crippen LogP contribution in [0.2, 0.25) is 0 Å². The van der Waals surface area contributed by atoms with Crippen LogP contribution in [0, 0.1) is 0 Å². The maximum absolute atomic E-state index is 11.8. The predicted octanol–water partition coefficient (Wildman–Crippen LogP) is 1.53. The van der Waals surface area contributed by atoms with E-state index in [-0.39, 0.29) is 5.97 Å². The van der Waals surface area contributed by atoms with Crippen LogP contribution in [0.15, 0.2) is 18.2 Å². The number of benzene rings is 1. The highest BCUT2D eigenvalue weighted by Gasteiger charge is 2.21. The van der Waals surface area contributed by atoms with Gasteiger partial charge in [0.15, 0.2) is 0 Å². The summed E-state index contributed by atoms with van der Waals surface area (Å²) >= 11 is 0. The summed E-state index contributed by atoms with van der Waals surface area (Å²) in [6.07, 6.45) is 0. The molecule has 100 valence electrons. The van der Waals surface area contributed by atoms with Crippen molar-refractivity contribution in [1.29, 1.82) is 0 Å². The standard InChI is InChI=1S/C13H19NO4/c1-5-18-13(15)12(14-2)9-6-10(16-3)8-11(7-9)17-4/h6-8,12,14H,5H2,1-4H3. The molecule has 1 N–H and O–H groups in total. The molecule has 18 heavy (non-hydrogen) atoms. The summed E-state index contributed by atoms with van der Waals surface area (Å²) in [5.41, 5.74) is 0.743. The molecule has 0 radical (unpaired) electrons. The predicted molar refractivity (Wildman–Crippen MR) is 68.0 cm³/mol. The number of hydrogen-bond acceptors (Lipinski definition) is 5. The largest absolute Gasteiger partial charge is 0.497 e. The molecule has 1 atom stereocenters. The third-order valence-electron chi connectivity index (χ3n) is 2.52. The Balaban J connectivity index is 3.07. The van der Waals surface area contributed by atoms with Gasteiger partial charge in [-0.05, 0) is 31.7 Å². The molecule has 1 rings (SSSR count). The Hall–Kier alpha value is -1.75.